The van der Waals surface area contributed by atoms with Crippen molar-refractivity contribution < 1.29 is 9.53 Å². The van der Waals surface area contributed by atoms with Gasteiger partial charge in [-0.1, -0.05) is 20.8 Å². The van der Waals surface area contributed by atoms with Gasteiger partial charge in [-0.05, 0) is 39.7 Å². The second-order valence-electron chi connectivity index (χ2n) is 4.66. The molecule has 0 bridgehead atoms. The molecule has 1 rings (SSSR count). The molecule has 0 aliphatic heterocycles. The molecule has 1 aromatic rings. The lowest BCUT2D eigenvalue weighted by Crippen LogP contribution is -2.36. The Morgan fingerprint density at radius 3 is 2.56 bits per heavy atom. The Bertz CT molecular complexity index is 365. The minimum Gasteiger partial charge on any atom is -0.370 e. The second kappa shape index (κ2) is 5.43. The average Bonchev–Trinajstić information content (AvgIpc) is 2.58. The maximum Gasteiger partial charge on any atom is 0.203 e. The Labute approximate surface area is 109 Å². The molecule has 1 aromatic heterocycles. The summed E-state index contributed by atoms with van der Waals surface area (Å²) < 4.78 is 6.44. The third-order valence-electron chi connectivity index (χ3n) is 2.20. The van der Waals surface area contributed by atoms with Gasteiger partial charge in [0.2, 0.25) is 5.78 Å². The van der Waals surface area contributed by atoms with Crippen molar-refractivity contribution in [1.82, 2.24) is 0 Å². The number of carbonyl (C=O) groups excluding carboxylic acids is 1. The highest BCUT2D eigenvalue weighted by atomic mass is 79.9. The summed E-state index contributed by atoms with van der Waals surface area (Å²) in [7, 11) is 0. The zero-order valence-electron chi connectivity index (χ0n) is 10.0. The minimum atomic E-state index is -0.382. The summed E-state index contributed by atoms with van der Waals surface area (Å²) in [6.07, 6.45) is -0.382. The Balaban J connectivity index is 2.97. The first-order valence-corrected chi connectivity index (χ1v) is 6.94. The maximum absolute atomic E-state index is 12.3. The number of hydrogen-bond donors (Lipinski definition) is 0. The zero-order chi connectivity index (χ0) is 12.3. The molecule has 4 heteroatoms. The van der Waals surface area contributed by atoms with E-state index in [4.69, 9.17) is 4.74 Å². The molecule has 2 nitrogen and oxygen atoms in total. The van der Waals surface area contributed by atoms with Crippen LogP contribution in [0.1, 0.15) is 37.4 Å². The Morgan fingerprint density at radius 2 is 2.19 bits per heavy atom. The Hall–Kier alpha value is -0.190. The van der Waals surface area contributed by atoms with Crippen LogP contribution >= 0.6 is 27.3 Å². The van der Waals surface area contributed by atoms with E-state index in [9.17, 15) is 4.79 Å². The maximum atomic E-state index is 12.3. The van der Waals surface area contributed by atoms with Crippen LogP contribution in [0.2, 0.25) is 0 Å². The van der Waals surface area contributed by atoms with Crippen molar-refractivity contribution in [3.8, 4) is 0 Å². The smallest absolute Gasteiger partial charge is 0.203 e. The molecule has 0 radical (unpaired) electrons. The average molecular weight is 305 g/mol. The molecule has 1 atom stereocenters. The Morgan fingerprint density at radius 1 is 1.56 bits per heavy atom. The molecule has 0 saturated carbocycles. The minimum absolute atomic E-state index is 0.0659. The zero-order valence-corrected chi connectivity index (χ0v) is 12.4. The monoisotopic (exact) mass is 304 g/mol. The summed E-state index contributed by atoms with van der Waals surface area (Å²) in [5, 5.41) is 1.91. The third kappa shape index (κ3) is 3.15. The standard InChI is InChI=1S/C12H17BrO2S/c1-5-15-11(12(2,3)4)9(14)10-8(13)6-7-16-10/h6-7,11H,5H2,1-4H3. The van der Waals surface area contributed by atoms with Crippen molar-refractivity contribution in [2.75, 3.05) is 6.61 Å². The van der Waals surface area contributed by atoms with Crippen molar-refractivity contribution in [2.24, 2.45) is 5.41 Å². The number of hydrogen-bond acceptors (Lipinski definition) is 3. The van der Waals surface area contributed by atoms with Crippen LogP contribution in [0, 0.1) is 5.41 Å². The molecule has 0 aliphatic carbocycles. The van der Waals surface area contributed by atoms with E-state index in [0.717, 1.165) is 9.35 Å². The highest BCUT2D eigenvalue weighted by Crippen LogP contribution is 2.30. The number of halogens is 1. The van der Waals surface area contributed by atoms with Crippen LogP contribution in [0.25, 0.3) is 0 Å². The molecule has 1 heterocycles. The van der Waals surface area contributed by atoms with Crippen LogP contribution in [0.15, 0.2) is 15.9 Å². The summed E-state index contributed by atoms with van der Waals surface area (Å²) in [6, 6.07) is 1.89. The quantitative estimate of drug-likeness (QED) is 0.781. The van der Waals surface area contributed by atoms with Gasteiger partial charge in [-0.15, -0.1) is 11.3 Å². The number of Topliss-reactive ketones (excluding diaryl/α,β-unsaturated/α-hetero) is 1. The van der Waals surface area contributed by atoms with E-state index in [1.165, 1.54) is 11.3 Å². The second-order valence-corrected chi connectivity index (χ2v) is 6.43. The molecule has 0 aromatic carbocycles. The van der Waals surface area contributed by atoms with Crippen LogP contribution in [-0.2, 0) is 4.74 Å². The van der Waals surface area contributed by atoms with Gasteiger partial charge in [-0.3, -0.25) is 4.79 Å². The van der Waals surface area contributed by atoms with Crippen LogP contribution in [-0.4, -0.2) is 18.5 Å². The normalized spacial score (nSPS) is 13.8. The van der Waals surface area contributed by atoms with Crippen LogP contribution < -0.4 is 0 Å². The number of rotatable bonds is 4. The van der Waals surface area contributed by atoms with Crippen LogP contribution in [0.4, 0.5) is 0 Å². The summed E-state index contributed by atoms with van der Waals surface area (Å²) in [4.78, 5) is 13.1. The van der Waals surface area contributed by atoms with E-state index in [0.29, 0.717) is 6.61 Å². The van der Waals surface area contributed by atoms with Gasteiger partial charge in [0.25, 0.3) is 0 Å². The molecular formula is C12H17BrO2S. The fourth-order valence-corrected chi connectivity index (χ4v) is 3.00. The van der Waals surface area contributed by atoms with Crippen LogP contribution in [0.3, 0.4) is 0 Å². The molecule has 0 fully saturated rings. The number of carbonyl (C=O) groups is 1. The number of ketones is 1. The first-order valence-electron chi connectivity index (χ1n) is 5.26. The Kier molecular flexibility index (Phi) is 4.71. The SMILES string of the molecule is CCOC(C(=O)c1sccc1Br)C(C)(C)C. The van der Waals surface area contributed by atoms with Gasteiger partial charge in [-0.2, -0.15) is 0 Å². The van der Waals surface area contributed by atoms with E-state index >= 15 is 0 Å². The molecule has 0 saturated heterocycles. The van der Waals surface area contributed by atoms with Crippen molar-refractivity contribution in [2.45, 2.75) is 33.8 Å². The summed E-state index contributed by atoms with van der Waals surface area (Å²) in [5.74, 6) is 0.0659. The molecule has 0 spiro atoms. The molecule has 0 aliphatic rings. The summed E-state index contributed by atoms with van der Waals surface area (Å²) in [5.41, 5.74) is -0.184. The van der Waals surface area contributed by atoms with Gasteiger partial charge in [-0.25, -0.2) is 0 Å². The van der Waals surface area contributed by atoms with Gasteiger partial charge in [0.05, 0.1) is 4.88 Å². The van der Waals surface area contributed by atoms with Crippen molar-refractivity contribution >= 4 is 33.0 Å². The largest absolute Gasteiger partial charge is 0.370 e. The molecule has 1 unspecified atom stereocenters. The predicted molar refractivity (Wildman–Crippen MR) is 71.2 cm³/mol. The molecular weight excluding hydrogens is 288 g/mol. The van der Waals surface area contributed by atoms with Gasteiger partial charge in [0, 0.05) is 11.1 Å². The van der Waals surface area contributed by atoms with Crippen molar-refractivity contribution in [3.05, 3.63) is 20.8 Å². The first kappa shape index (κ1) is 13.9. The lowest BCUT2D eigenvalue weighted by Gasteiger charge is -2.28. The lowest BCUT2D eigenvalue weighted by molar-refractivity contribution is 0.0000289. The fourth-order valence-electron chi connectivity index (χ4n) is 1.47. The van der Waals surface area contributed by atoms with E-state index < -0.39 is 0 Å². The molecule has 0 N–H and O–H groups in total. The van der Waals surface area contributed by atoms with Crippen molar-refractivity contribution in [3.63, 3.8) is 0 Å². The predicted octanol–water partition coefficient (Wildman–Crippen LogP) is 4.14. The van der Waals surface area contributed by atoms with Gasteiger partial charge in [0.1, 0.15) is 6.10 Å². The highest BCUT2D eigenvalue weighted by molar-refractivity contribution is 9.10. The van der Waals surface area contributed by atoms with Crippen molar-refractivity contribution in [1.29, 1.82) is 0 Å². The van der Waals surface area contributed by atoms with Crippen LogP contribution in [0.5, 0.6) is 0 Å². The van der Waals surface area contributed by atoms with Gasteiger partial charge in [0.15, 0.2) is 0 Å². The topological polar surface area (TPSA) is 26.3 Å². The molecule has 16 heavy (non-hydrogen) atoms. The van der Waals surface area contributed by atoms with E-state index in [-0.39, 0.29) is 17.3 Å². The van der Waals surface area contributed by atoms with E-state index in [2.05, 4.69) is 15.9 Å². The molecule has 90 valence electrons. The number of thiophene rings is 1. The van der Waals surface area contributed by atoms with E-state index in [1.807, 2.05) is 39.1 Å². The van der Waals surface area contributed by atoms with Gasteiger partial charge < -0.3 is 4.74 Å². The fraction of sp³-hybridized carbons (Fsp3) is 0.583. The summed E-state index contributed by atoms with van der Waals surface area (Å²) in [6.45, 7) is 8.53. The third-order valence-corrected chi connectivity index (χ3v) is 4.05. The first-order chi connectivity index (χ1) is 7.38. The summed E-state index contributed by atoms with van der Waals surface area (Å²) >= 11 is 4.84. The van der Waals surface area contributed by atoms with Gasteiger partial charge >= 0.3 is 0 Å². The van der Waals surface area contributed by atoms with E-state index in [1.54, 1.807) is 0 Å². The molecule has 0 amide bonds. The number of ether oxygens (including phenoxy) is 1. The highest BCUT2D eigenvalue weighted by Gasteiger charge is 2.33. The lowest BCUT2D eigenvalue weighted by atomic mass is 9.86.